The van der Waals surface area contributed by atoms with Crippen LogP contribution >= 0.6 is 0 Å². The van der Waals surface area contributed by atoms with Crippen molar-refractivity contribution in [3.8, 4) is 11.6 Å². The molecule has 0 spiro atoms. The Kier molecular flexibility index (Phi) is 7.23. The molecule has 2 aromatic carbocycles. The molecule has 0 aliphatic carbocycles. The SMILES string of the molecule is CC1CCCCN1S(=O)(=O)c1cccc(C(=O)NCc2ccnc(Oc3ccc(F)cc3)c2)c1. The first-order valence-electron chi connectivity index (χ1n) is 11.1. The number of ether oxygens (including phenoxy) is 1. The highest BCUT2D eigenvalue weighted by molar-refractivity contribution is 7.89. The van der Waals surface area contributed by atoms with Crippen LogP contribution in [0.4, 0.5) is 4.39 Å². The van der Waals surface area contributed by atoms with Crippen LogP contribution in [0.1, 0.15) is 42.1 Å². The summed E-state index contributed by atoms with van der Waals surface area (Å²) in [6, 6.07) is 15.0. The average molecular weight is 484 g/mol. The molecular weight excluding hydrogens is 457 g/mol. The van der Waals surface area contributed by atoms with Crippen molar-refractivity contribution in [2.75, 3.05) is 6.54 Å². The van der Waals surface area contributed by atoms with Gasteiger partial charge in [-0.3, -0.25) is 4.79 Å². The lowest BCUT2D eigenvalue weighted by Gasteiger charge is -2.32. The number of pyridine rings is 1. The second-order valence-electron chi connectivity index (χ2n) is 8.23. The minimum Gasteiger partial charge on any atom is -0.439 e. The Labute approximate surface area is 198 Å². The second kappa shape index (κ2) is 10.3. The molecular formula is C25H26FN3O4S. The normalized spacial score (nSPS) is 16.7. The van der Waals surface area contributed by atoms with Crippen LogP contribution in [0.15, 0.2) is 71.8 Å². The van der Waals surface area contributed by atoms with Crippen molar-refractivity contribution in [1.29, 1.82) is 0 Å². The number of carbonyl (C=O) groups excluding carboxylic acids is 1. The van der Waals surface area contributed by atoms with Crippen LogP contribution in [0.5, 0.6) is 11.6 Å². The highest BCUT2D eigenvalue weighted by Gasteiger charge is 2.31. The van der Waals surface area contributed by atoms with Crippen LogP contribution in [0, 0.1) is 5.82 Å². The molecule has 1 aliphatic rings. The highest BCUT2D eigenvalue weighted by atomic mass is 32.2. The number of halogens is 1. The Hall–Kier alpha value is -3.30. The van der Waals surface area contributed by atoms with Crippen molar-refractivity contribution in [3.63, 3.8) is 0 Å². The average Bonchev–Trinajstić information content (AvgIpc) is 2.84. The number of rotatable bonds is 7. The van der Waals surface area contributed by atoms with E-state index in [0.29, 0.717) is 18.2 Å². The van der Waals surface area contributed by atoms with Gasteiger partial charge in [0.05, 0.1) is 4.90 Å². The van der Waals surface area contributed by atoms with E-state index in [1.807, 2.05) is 6.92 Å². The van der Waals surface area contributed by atoms with Gasteiger partial charge in [0.2, 0.25) is 15.9 Å². The number of amides is 1. The highest BCUT2D eigenvalue weighted by Crippen LogP contribution is 2.26. The topological polar surface area (TPSA) is 88.6 Å². The minimum atomic E-state index is -3.67. The lowest BCUT2D eigenvalue weighted by Crippen LogP contribution is -2.42. The molecule has 0 saturated carbocycles. The van der Waals surface area contributed by atoms with Gasteiger partial charge in [0.15, 0.2) is 0 Å². The summed E-state index contributed by atoms with van der Waals surface area (Å²) < 4.78 is 46.4. The van der Waals surface area contributed by atoms with Crippen molar-refractivity contribution in [2.45, 2.75) is 43.7 Å². The standard InChI is InChI=1S/C25H26FN3O4S/c1-18-5-2-3-14-29(18)34(31,32)23-7-4-6-20(16-23)25(30)28-17-19-12-13-27-24(15-19)33-22-10-8-21(26)9-11-22/h4,6-13,15-16,18H,2-3,5,14,17H2,1H3,(H,28,30). The van der Waals surface area contributed by atoms with E-state index in [1.165, 1.54) is 40.7 Å². The molecule has 0 bridgehead atoms. The van der Waals surface area contributed by atoms with E-state index in [4.69, 9.17) is 4.74 Å². The molecule has 3 aromatic rings. The van der Waals surface area contributed by atoms with Crippen molar-refractivity contribution in [3.05, 3.63) is 83.8 Å². The summed E-state index contributed by atoms with van der Waals surface area (Å²) in [5.41, 5.74) is 1.01. The molecule has 1 amide bonds. The fourth-order valence-electron chi connectivity index (χ4n) is 3.89. The summed E-state index contributed by atoms with van der Waals surface area (Å²) in [5, 5.41) is 2.80. The number of nitrogens with one attached hydrogen (secondary N) is 1. The summed E-state index contributed by atoms with van der Waals surface area (Å²) in [5.74, 6) is -0.00104. The van der Waals surface area contributed by atoms with Crippen LogP contribution in [0.25, 0.3) is 0 Å². The third-order valence-corrected chi connectivity index (χ3v) is 7.74. The van der Waals surface area contributed by atoms with Crippen molar-refractivity contribution in [1.82, 2.24) is 14.6 Å². The predicted molar refractivity (Wildman–Crippen MR) is 126 cm³/mol. The molecule has 1 fully saturated rings. The molecule has 4 rings (SSSR count). The summed E-state index contributed by atoms with van der Waals surface area (Å²) in [7, 11) is -3.67. The van der Waals surface area contributed by atoms with Gasteiger partial charge in [-0.1, -0.05) is 12.5 Å². The molecule has 1 unspecified atom stereocenters. The first-order valence-corrected chi connectivity index (χ1v) is 12.6. The monoisotopic (exact) mass is 483 g/mol. The fraction of sp³-hybridized carbons (Fsp3) is 0.280. The van der Waals surface area contributed by atoms with Crippen molar-refractivity contribution < 1.29 is 22.3 Å². The maximum Gasteiger partial charge on any atom is 0.251 e. The molecule has 0 radical (unpaired) electrons. The Balaban J connectivity index is 1.42. The van der Waals surface area contributed by atoms with Crippen molar-refractivity contribution in [2.24, 2.45) is 0 Å². The van der Waals surface area contributed by atoms with Gasteiger partial charge in [-0.25, -0.2) is 17.8 Å². The molecule has 1 aliphatic heterocycles. The molecule has 7 nitrogen and oxygen atoms in total. The lowest BCUT2D eigenvalue weighted by molar-refractivity contribution is 0.0950. The van der Waals surface area contributed by atoms with Gasteiger partial charge < -0.3 is 10.1 Å². The van der Waals surface area contributed by atoms with E-state index in [9.17, 15) is 17.6 Å². The molecule has 9 heteroatoms. The Morgan fingerprint density at radius 1 is 1.15 bits per heavy atom. The largest absolute Gasteiger partial charge is 0.439 e. The summed E-state index contributed by atoms with van der Waals surface area (Å²) in [6.07, 6.45) is 4.23. The zero-order valence-electron chi connectivity index (χ0n) is 18.8. The summed E-state index contributed by atoms with van der Waals surface area (Å²) >= 11 is 0. The van der Waals surface area contributed by atoms with E-state index in [1.54, 1.807) is 30.5 Å². The third kappa shape index (κ3) is 5.60. The molecule has 1 atom stereocenters. The Morgan fingerprint density at radius 2 is 1.94 bits per heavy atom. The van der Waals surface area contributed by atoms with Crippen LogP contribution in [-0.4, -0.2) is 36.2 Å². The fourth-order valence-corrected chi connectivity index (χ4v) is 5.63. The van der Waals surface area contributed by atoms with Gasteiger partial charge in [-0.05, 0) is 73.9 Å². The van der Waals surface area contributed by atoms with Gasteiger partial charge >= 0.3 is 0 Å². The minimum absolute atomic E-state index is 0.0609. The number of carbonyl (C=O) groups is 1. The molecule has 34 heavy (non-hydrogen) atoms. The maximum atomic E-state index is 13.1. The molecule has 1 N–H and O–H groups in total. The van der Waals surface area contributed by atoms with Crippen LogP contribution in [0.3, 0.4) is 0 Å². The lowest BCUT2D eigenvalue weighted by atomic mass is 10.1. The van der Waals surface area contributed by atoms with Gasteiger partial charge in [0, 0.05) is 37.0 Å². The number of sulfonamides is 1. The first-order chi connectivity index (χ1) is 16.3. The quantitative estimate of drug-likeness (QED) is 0.534. The molecule has 1 aromatic heterocycles. The number of nitrogens with zero attached hydrogens (tertiary/aromatic N) is 2. The van der Waals surface area contributed by atoms with E-state index in [2.05, 4.69) is 10.3 Å². The Bertz CT molecular complexity index is 1270. The van der Waals surface area contributed by atoms with Crippen molar-refractivity contribution >= 4 is 15.9 Å². The van der Waals surface area contributed by atoms with Gasteiger partial charge in [0.1, 0.15) is 11.6 Å². The number of hydrogen-bond acceptors (Lipinski definition) is 5. The number of aromatic nitrogens is 1. The number of hydrogen-bond donors (Lipinski definition) is 1. The van der Waals surface area contributed by atoms with E-state index >= 15 is 0 Å². The number of piperidine rings is 1. The molecule has 1 saturated heterocycles. The number of benzene rings is 2. The van der Waals surface area contributed by atoms with Gasteiger partial charge in [-0.2, -0.15) is 4.31 Å². The van der Waals surface area contributed by atoms with Gasteiger partial charge in [0.25, 0.3) is 5.91 Å². The van der Waals surface area contributed by atoms with E-state index in [0.717, 1.165) is 24.8 Å². The zero-order valence-corrected chi connectivity index (χ0v) is 19.6. The summed E-state index contributed by atoms with van der Waals surface area (Å²) in [4.78, 5) is 17.0. The van der Waals surface area contributed by atoms with Crippen LogP contribution in [0.2, 0.25) is 0 Å². The summed E-state index contributed by atoms with van der Waals surface area (Å²) in [6.45, 7) is 2.60. The van der Waals surface area contributed by atoms with E-state index < -0.39 is 10.0 Å². The van der Waals surface area contributed by atoms with E-state index in [-0.39, 0.29) is 34.8 Å². The smallest absolute Gasteiger partial charge is 0.251 e. The second-order valence-corrected chi connectivity index (χ2v) is 10.1. The molecule has 2 heterocycles. The Morgan fingerprint density at radius 3 is 2.71 bits per heavy atom. The third-order valence-electron chi connectivity index (χ3n) is 5.73. The van der Waals surface area contributed by atoms with Gasteiger partial charge in [-0.15, -0.1) is 0 Å². The van der Waals surface area contributed by atoms with Crippen LogP contribution < -0.4 is 10.1 Å². The molecule has 178 valence electrons. The van der Waals surface area contributed by atoms with Crippen LogP contribution in [-0.2, 0) is 16.6 Å². The first kappa shape index (κ1) is 23.8. The maximum absolute atomic E-state index is 13.1. The predicted octanol–water partition coefficient (Wildman–Crippen LogP) is 4.51. The zero-order chi connectivity index (χ0) is 24.1.